The van der Waals surface area contributed by atoms with Gasteiger partial charge in [-0.05, 0) is 68.5 Å². The second-order valence-electron chi connectivity index (χ2n) is 4.95. The third-order valence-electron chi connectivity index (χ3n) is 3.64. The van der Waals surface area contributed by atoms with Crippen LogP contribution in [0, 0.1) is 34.6 Å². The first kappa shape index (κ1) is 12.7. The molecular weight excluding hydrogens is 220 g/mol. The van der Waals surface area contributed by atoms with Gasteiger partial charge in [-0.15, -0.1) is 0 Å². The zero-order chi connectivity index (χ0) is 13.3. The van der Waals surface area contributed by atoms with Gasteiger partial charge in [0, 0.05) is 0 Å². The maximum atomic E-state index is 6.13. The van der Waals surface area contributed by atoms with E-state index in [0.29, 0.717) is 0 Å². The molecule has 0 saturated heterocycles. The topological polar surface area (TPSA) is 9.23 Å². The summed E-state index contributed by atoms with van der Waals surface area (Å²) in [6, 6.07) is 10.4. The lowest BCUT2D eigenvalue weighted by Crippen LogP contribution is -1.95. The van der Waals surface area contributed by atoms with Crippen molar-refractivity contribution in [1.29, 1.82) is 0 Å². The Bertz CT molecular complexity index is 582. The van der Waals surface area contributed by atoms with Crippen LogP contribution >= 0.6 is 0 Å². The smallest absolute Gasteiger partial charge is 0.133 e. The first-order valence-corrected chi connectivity index (χ1v) is 6.31. The minimum Gasteiger partial charge on any atom is -0.457 e. The Morgan fingerprint density at radius 1 is 0.667 bits per heavy atom. The molecule has 0 atom stereocenters. The average Bonchev–Trinajstić information content (AvgIpc) is 2.35. The molecule has 0 fully saturated rings. The van der Waals surface area contributed by atoms with Gasteiger partial charge in [0.05, 0.1) is 0 Å². The summed E-state index contributed by atoms with van der Waals surface area (Å²) < 4.78 is 6.13. The zero-order valence-corrected chi connectivity index (χ0v) is 11.8. The highest BCUT2D eigenvalue weighted by Crippen LogP contribution is 2.32. The summed E-state index contributed by atoms with van der Waals surface area (Å²) in [4.78, 5) is 0. The van der Waals surface area contributed by atoms with Crippen LogP contribution in [0.3, 0.4) is 0 Å². The molecule has 0 amide bonds. The maximum Gasteiger partial charge on any atom is 0.133 e. The fourth-order valence-electron chi connectivity index (χ4n) is 2.03. The van der Waals surface area contributed by atoms with Crippen molar-refractivity contribution in [3.05, 3.63) is 58.1 Å². The molecule has 0 aliphatic carbocycles. The van der Waals surface area contributed by atoms with E-state index in [0.717, 1.165) is 11.5 Å². The molecule has 0 saturated carbocycles. The Morgan fingerprint density at radius 2 is 1.28 bits per heavy atom. The highest BCUT2D eigenvalue weighted by atomic mass is 16.5. The van der Waals surface area contributed by atoms with Gasteiger partial charge in [-0.3, -0.25) is 0 Å². The molecule has 2 aromatic carbocycles. The number of aryl methyl sites for hydroxylation is 3. The van der Waals surface area contributed by atoms with Crippen LogP contribution in [0.2, 0.25) is 0 Å². The molecule has 2 aromatic rings. The fraction of sp³-hybridized carbons (Fsp3) is 0.294. The highest BCUT2D eigenvalue weighted by molar-refractivity contribution is 5.49. The molecule has 0 aromatic heterocycles. The van der Waals surface area contributed by atoms with Crippen molar-refractivity contribution in [3.8, 4) is 11.5 Å². The number of hydrogen-bond acceptors (Lipinski definition) is 1. The van der Waals surface area contributed by atoms with Crippen LogP contribution in [0.1, 0.15) is 27.8 Å². The number of benzene rings is 2. The highest BCUT2D eigenvalue weighted by Gasteiger charge is 2.09. The van der Waals surface area contributed by atoms with E-state index >= 15 is 0 Å². The van der Waals surface area contributed by atoms with E-state index < -0.39 is 0 Å². The normalized spacial score (nSPS) is 10.5. The fourth-order valence-corrected chi connectivity index (χ4v) is 2.03. The van der Waals surface area contributed by atoms with Gasteiger partial charge in [-0.2, -0.15) is 0 Å². The van der Waals surface area contributed by atoms with E-state index in [4.69, 9.17) is 4.74 Å². The van der Waals surface area contributed by atoms with Crippen LogP contribution in [-0.4, -0.2) is 0 Å². The molecule has 0 N–H and O–H groups in total. The lowest BCUT2D eigenvalue weighted by atomic mass is 10.0. The first-order valence-electron chi connectivity index (χ1n) is 6.31. The summed E-state index contributed by atoms with van der Waals surface area (Å²) in [5.41, 5.74) is 6.13. The Balaban J connectivity index is 2.46. The van der Waals surface area contributed by atoms with Crippen molar-refractivity contribution in [2.75, 3.05) is 0 Å². The van der Waals surface area contributed by atoms with Crippen molar-refractivity contribution in [2.24, 2.45) is 0 Å². The largest absolute Gasteiger partial charge is 0.457 e. The Labute approximate surface area is 109 Å². The van der Waals surface area contributed by atoms with Crippen LogP contribution in [0.15, 0.2) is 30.3 Å². The van der Waals surface area contributed by atoms with Crippen molar-refractivity contribution < 1.29 is 4.74 Å². The second kappa shape index (κ2) is 4.85. The molecule has 0 heterocycles. The molecule has 0 unspecified atom stereocenters. The van der Waals surface area contributed by atoms with Crippen molar-refractivity contribution >= 4 is 0 Å². The van der Waals surface area contributed by atoms with E-state index in [1.165, 1.54) is 27.8 Å². The van der Waals surface area contributed by atoms with Crippen molar-refractivity contribution in [3.63, 3.8) is 0 Å². The molecule has 18 heavy (non-hydrogen) atoms. The van der Waals surface area contributed by atoms with Crippen LogP contribution < -0.4 is 4.74 Å². The minimum atomic E-state index is 0.951. The number of hydrogen-bond donors (Lipinski definition) is 0. The zero-order valence-electron chi connectivity index (χ0n) is 11.8. The lowest BCUT2D eigenvalue weighted by Gasteiger charge is -2.16. The minimum absolute atomic E-state index is 0.951. The summed E-state index contributed by atoms with van der Waals surface area (Å²) in [6.45, 7) is 10.5. The summed E-state index contributed by atoms with van der Waals surface area (Å²) in [5.74, 6) is 1.94. The van der Waals surface area contributed by atoms with Gasteiger partial charge in [0.25, 0.3) is 0 Å². The van der Waals surface area contributed by atoms with Crippen LogP contribution in [-0.2, 0) is 0 Å². The number of rotatable bonds is 2. The van der Waals surface area contributed by atoms with Gasteiger partial charge in [0.1, 0.15) is 11.5 Å². The molecule has 0 aliphatic heterocycles. The Morgan fingerprint density at radius 3 is 2.00 bits per heavy atom. The van der Waals surface area contributed by atoms with Gasteiger partial charge in [0.2, 0.25) is 0 Å². The Kier molecular flexibility index (Phi) is 3.42. The SMILES string of the molecule is Cc1cccc(Oc2c(C)ccc(C)c2C)c1C. The summed E-state index contributed by atoms with van der Waals surface area (Å²) in [5, 5.41) is 0. The van der Waals surface area contributed by atoms with Gasteiger partial charge < -0.3 is 4.74 Å². The molecule has 2 rings (SSSR count). The van der Waals surface area contributed by atoms with Gasteiger partial charge >= 0.3 is 0 Å². The summed E-state index contributed by atoms with van der Waals surface area (Å²) >= 11 is 0. The predicted octanol–water partition coefficient (Wildman–Crippen LogP) is 5.02. The van der Waals surface area contributed by atoms with E-state index in [9.17, 15) is 0 Å². The summed E-state index contributed by atoms with van der Waals surface area (Å²) in [6.07, 6.45) is 0. The Hall–Kier alpha value is -1.76. The predicted molar refractivity (Wildman–Crippen MR) is 76.6 cm³/mol. The van der Waals surface area contributed by atoms with E-state index in [1.807, 2.05) is 12.1 Å². The van der Waals surface area contributed by atoms with Gasteiger partial charge in [0.15, 0.2) is 0 Å². The quantitative estimate of drug-likeness (QED) is 0.716. The van der Waals surface area contributed by atoms with Crippen LogP contribution in [0.5, 0.6) is 11.5 Å². The lowest BCUT2D eigenvalue weighted by molar-refractivity contribution is 0.470. The van der Waals surface area contributed by atoms with E-state index in [2.05, 4.69) is 52.8 Å². The maximum absolute atomic E-state index is 6.13. The molecular formula is C17H20O. The van der Waals surface area contributed by atoms with Gasteiger partial charge in [-0.1, -0.05) is 24.3 Å². The average molecular weight is 240 g/mol. The monoisotopic (exact) mass is 240 g/mol. The summed E-state index contributed by atoms with van der Waals surface area (Å²) in [7, 11) is 0. The third-order valence-corrected chi connectivity index (χ3v) is 3.64. The standard InChI is InChI=1S/C17H20O/c1-11-7-6-8-16(14(11)4)18-17-13(3)10-9-12(2)15(17)5/h6-10H,1-5H3. The molecule has 1 nitrogen and oxygen atoms in total. The molecule has 94 valence electrons. The van der Waals surface area contributed by atoms with Crippen LogP contribution in [0.4, 0.5) is 0 Å². The second-order valence-corrected chi connectivity index (χ2v) is 4.95. The molecule has 0 radical (unpaired) electrons. The molecule has 0 aliphatic rings. The van der Waals surface area contributed by atoms with Crippen molar-refractivity contribution in [2.45, 2.75) is 34.6 Å². The molecule has 1 heteroatoms. The first-order chi connectivity index (χ1) is 8.50. The van der Waals surface area contributed by atoms with Crippen LogP contribution in [0.25, 0.3) is 0 Å². The van der Waals surface area contributed by atoms with E-state index in [-0.39, 0.29) is 0 Å². The number of ether oxygens (including phenoxy) is 1. The molecule has 0 spiro atoms. The van der Waals surface area contributed by atoms with E-state index in [1.54, 1.807) is 0 Å². The van der Waals surface area contributed by atoms with Gasteiger partial charge in [-0.25, -0.2) is 0 Å². The van der Waals surface area contributed by atoms with Crippen molar-refractivity contribution in [1.82, 2.24) is 0 Å². The molecule has 0 bridgehead atoms. The third kappa shape index (κ3) is 2.26.